The molecule has 2 heterocycles. The van der Waals surface area contributed by atoms with Gasteiger partial charge in [0.25, 0.3) is 5.91 Å². The third-order valence-electron chi connectivity index (χ3n) is 4.24. The summed E-state index contributed by atoms with van der Waals surface area (Å²) in [5, 5.41) is 6.57. The number of benzene rings is 2. The van der Waals surface area contributed by atoms with Crippen molar-refractivity contribution >= 4 is 29.1 Å². The van der Waals surface area contributed by atoms with Crippen LogP contribution in [0, 0.1) is 6.92 Å². The maximum atomic E-state index is 12.4. The van der Waals surface area contributed by atoms with Crippen molar-refractivity contribution in [2.45, 2.75) is 13.5 Å². The molecular weight excluding hydrogens is 380 g/mol. The molecule has 0 atom stereocenters. The number of aromatic nitrogens is 2. The van der Waals surface area contributed by atoms with Crippen molar-refractivity contribution in [2.24, 2.45) is 0 Å². The van der Waals surface area contributed by atoms with Gasteiger partial charge in [-0.1, -0.05) is 17.7 Å². The first-order valence-electron chi connectivity index (χ1n) is 8.60. The molecule has 2 aromatic carbocycles. The van der Waals surface area contributed by atoms with Crippen LogP contribution in [-0.4, -0.2) is 22.7 Å². The summed E-state index contributed by atoms with van der Waals surface area (Å²) in [5.41, 5.74) is 2.94. The molecule has 1 aromatic heterocycles. The SMILES string of the molecule is Cc1cc(Cl)ccc1NC(=O)c1cnc(NCc2ccc3c(c2)OCO3)nc1. The average Bonchev–Trinajstić information content (AvgIpc) is 3.17. The maximum Gasteiger partial charge on any atom is 0.258 e. The Morgan fingerprint density at radius 1 is 1.11 bits per heavy atom. The van der Waals surface area contributed by atoms with Gasteiger partial charge in [0.05, 0.1) is 5.56 Å². The number of rotatable bonds is 5. The molecule has 142 valence electrons. The topological polar surface area (TPSA) is 85.4 Å². The van der Waals surface area contributed by atoms with Crippen LogP contribution >= 0.6 is 11.6 Å². The number of halogens is 1. The van der Waals surface area contributed by atoms with Crippen molar-refractivity contribution in [1.29, 1.82) is 0 Å². The van der Waals surface area contributed by atoms with Gasteiger partial charge < -0.3 is 20.1 Å². The Balaban J connectivity index is 1.37. The highest BCUT2D eigenvalue weighted by Gasteiger charge is 2.13. The monoisotopic (exact) mass is 396 g/mol. The van der Waals surface area contributed by atoms with E-state index in [1.165, 1.54) is 12.4 Å². The first-order chi connectivity index (χ1) is 13.6. The van der Waals surface area contributed by atoms with Crippen LogP contribution in [0.5, 0.6) is 11.5 Å². The fourth-order valence-electron chi connectivity index (χ4n) is 2.73. The number of nitrogens with one attached hydrogen (secondary N) is 2. The lowest BCUT2D eigenvalue weighted by Crippen LogP contribution is -2.14. The summed E-state index contributed by atoms with van der Waals surface area (Å²) in [5.74, 6) is 1.61. The van der Waals surface area contributed by atoms with Crippen LogP contribution in [-0.2, 0) is 6.54 Å². The van der Waals surface area contributed by atoms with E-state index in [4.69, 9.17) is 21.1 Å². The molecule has 0 saturated carbocycles. The van der Waals surface area contributed by atoms with E-state index < -0.39 is 0 Å². The summed E-state index contributed by atoms with van der Waals surface area (Å²) >= 11 is 5.94. The molecule has 0 spiro atoms. The van der Waals surface area contributed by atoms with Crippen LogP contribution in [0.25, 0.3) is 0 Å². The van der Waals surface area contributed by atoms with Gasteiger partial charge in [0.15, 0.2) is 11.5 Å². The Kier molecular flexibility index (Phi) is 4.99. The van der Waals surface area contributed by atoms with Crippen molar-refractivity contribution in [2.75, 3.05) is 17.4 Å². The zero-order valence-corrected chi connectivity index (χ0v) is 15.8. The summed E-state index contributed by atoms with van der Waals surface area (Å²) in [4.78, 5) is 20.8. The molecule has 0 radical (unpaired) electrons. The first kappa shape index (κ1) is 18.1. The smallest absolute Gasteiger partial charge is 0.258 e. The lowest BCUT2D eigenvalue weighted by atomic mass is 10.2. The van der Waals surface area contributed by atoms with E-state index in [0.29, 0.717) is 28.8 Å². The number of ether oxygens (including phenoxy) is 2. The summed E-state index contributed by atoms with van der Waals surface area (Å²) in [6.07, 6.45) is 2.96. The fraction of sp³-hybridized carbons (Fsp3) is 0.150. The molecule has 0 bridgehead atoms. The molecule has 0 aliphatic carbocycles. The van der Waals surface area contributed by atoms with Crippen molar-refractivity contribution in [3.8, 4) is 11.5 Å². The van der Waals surface area contributed by atoms with Crippen LogP contribution < -0.4 is 20.1 Å². The zero-order valence-electron chi connectivity index (χ0n) is 15.0. The van der Waals surface area contributed by atoms with Crippen LogP contribution in [0.3, 0.4) is 0 Å². The lowest BCUT2D eigenvalue weighted by molar-refractivity contribution is 0.102. The van der Waals surface area contributed by atoms with Crippen molar-refractivity contribution < 1.29 is 14.3 Å². The molecule has 0 unspecified atom stereocenters. The Hall–Kier alpha value is -3.32. The van der Waals surface area contributed by atoms with Gasteiger partial charge >= 0.3 is 0 Å². The normalized spacial score (nSPS) is 11.9. The largest absolute Gasteiger partial charge is 0.454 e. The lowest BCUT2D eigenvalue weighted by Gasteiger charge is -2.09. The molecule has 4 rings (SSSR count). The number of anilines is 2. The first-order valence-corrected chi connectivity index (χ1v) is 8.98. The quantitative estimate of drug-likeness (QED) is 0.677. The predicted octanol–water partition coefficient (Wildman–Crippen LogP) is 4.03. The van der Waals surface area contributed by atoms with Gasteiger partial charge in [0, 0.05) is 29.6 Å². The minimum atomic E-state index is -0.284. The molecule has 28 heavy (non-hydrogen) atoms. The fourth-order valence-corrected chi connectivity index (χ4v) is 2.96. The van der Waals surface area contributed by atoms with E-state index in [1.54, 1.807) is 18.2 Å². The highest BCUT2D eigenvalue weighted by molar-refractivity contribution is 6.30. The van der Waals surface area contributed by atoms with E-state index in [-0.39, 0.29) is 12.7 Å². The molecule has 3 aromatic rings. The third kappa shape index (κ3) is 3.99. The zero-order chi connectivity index (χ0) is 19.5. The summed E-state index contributed by atoms with van der Waals surface area (Å²) in [7, 11) is 0. The van der Waals surface area contributed by atoms with E-state index >= 15 is 0 Å². The number of fused-ring (bicyclic) bond motifs is 1. The predicted molar refractivity (Wildman–Crippen MR) is 106 cm³/mol. The van der Waals surface area contributed by atoms with Gasteiger partial charge in [-0.05, 0) is 48.4 Å². The Labute approximate surface area is 166 Å². The molecule has 1 aliphatic rings. The second-order valence-electron chi connectivity index (χ2n) is 6.25. The molecule has 2 N–H and O–H groups in total. The van der Waals surface area contributed by atoms with E-state index in [0.717, 1.165) is 22.6 Å². The van der Waals surface area contributed by atoms with Gasteiger partial charge in [-0.25, -0.2) is 9.97 Å². The minimum absolute atomic E-state index is 0.244. The molecule has 7 nitrogen and oxygen atoms in total. The minimum Gasteiger partial charge on any atom is -0.454 e. The third-order valence-corrected chi connectivity index (χ3v) is 4.47. The molecule has 0 fully saturated rings. The molecule has 1 aliphatic heterocycles. The summed E-state index contributed by atoms with van der Waals surface area (Å²) < 4.78 is 10.7. The highest BCUT2D eigenvalue weighted by Crippen LogP contribution is 2.32. The van der Waals surface area contributed by atoms with Crippen molar-refractivity contribution in [3.05, 3.63) is 70.5 Å². The van der Waals surface area contributed by atoms with Gasteiger partial charge in [0.2, 0.25) is 12.7 Å². The number of aryl methyl sites for hydroxylation is 1. The number of amides is 1. The number of hydrogen-bond donors (Lipinski definition) is 2. The van der Waals surface area contributed by atoms with Gasteiger partial charge in [-0.2, -0.15) is 0 Å². The van der Waals surface area contributed by atoms with E-state index in [1.807, 2.05) is 25.1 Å². The van der Waals surface area contributed by atoms with E-state index in [9.17, 15) is 4.79 Å². The average molecular weight is 397 g/mol. The van der Waals surface area contributed by atoms with Gasteiger partial charge in [-0.15, -0.1) is 0 Å². The Bertz CT molecular complexity index is 1020. The van der Waals surface area contributed by atoms with Crippen molar-refractivity contribution in [3.63, 3.8) is 0 Å². The number of carbonyl (C=O) groups is 1. The van der Waals surface area contributed by atoms with Crippen LogP contribution in [0.2, 0.25) is 5.02 Å². The number of carbonyl (C=O) groups excluding carboxylic acids is 1. The summed E-state index contributed by atoms with van der Waals surface area (Å²) in [6, 6.07) is 11.0. The second-order valence-corrected chi connectivity index (χ2v) is 6.69. The Morgan fingerprint density at radius 2 is 1.89 bits per heavy atom. The summed E-state index contributed by atoms with van der Waals surface area (Å²) in [6.45, 7) is 2.64. The van der Waals surface area contributed by atoms with Crippen LogP contribution in [0.1, 0.15) is 21.5 Å². The number of hydrogen-bond acceptors (Lipinski definition) is 6. The van der Waals surface area contributed by atoms with Crippen LogP contribution in [0.15, 0.2) is 48.8 Å². The molecule has 0 saturated heterocycles. The van der Waals surface area contributed by atoms with Gasteiger partial charge in [0.1, 0.15) is 0 Å². The van der Waals surface area contributed by atoms with Gasteiger partial charge in [-0.3, -0.25) is 4.79 Å². The van der Waals surface area contributed by atoms with Crippen LogP contribution in [0.4, 0.5) is 11.6 Å². The molecule has 8 heteroatoms. The molecular formula is C20H17ClN4O3. The standard InChI is InChI=1S/C20H17ClN4O3/c1-12-6-15(21)3-4-16(12)25-19(26)14-9-23-20(24-10-14)22-8-13-2-5-17-18(7-13)28-11-27-17/h2-7,9-10H,8,11H2,1H3,(H,25,26)(H,22,23,24). The maximum absolute atomic E-state index is 12.4. The van der Waals surface area contributed by atoms with Crippen molar-refractivity contribution in [1.82, 2.24) is 9.97 Å². The Morgan fingerprint density at radius 3 is 2.68 bits per heavy atom. The number of nitrogens with zero attached hydrogens (tertiary/aromatic N) is 2. The second kappa shape index (κ2) is 7.74. The molecule has 1 amide bonds. The highest BCUT2D eigenvalue weighted by atomic mass is 35.5. The van der Waals surface area contributed by atoms with E-state index in [2.05, 4.69) is 20.6 Å².